The van der Waals surface area contributed by atoms with Crippen LogP contribution in [0.3, 0.4) is 0 Å². The number of benzene rings is 2. The molecule has 3 nitrogen and oxygen atoms in total. The summed E-state index contributed by atoms with van der Waals surface area (Å²) in [6.07, 6.45) is 0.657. The number of para-hydroxylation sites is 1. The Morgan fingerprint density at radius 1 is 1.20 bits per heavy atom. The summed E-state index contributed by atoms with van der Waals surface area (Å²) < 4.78 is 18.6. The minimum Gasteiger partial charge on any atom is -0.441 e. The molecule has 0 aliphatic rings. The first-order valence-corrected chi connectivity index (χ1v) is 6.57. The van der Waals surface area contributed by atoms with E-state index in [-0.39, 0.29) is 5.82 Å². The topological polar surface area (TPSA) is 38.1 Å². The minimum absolute atomic E-state index is 0.296. The van der Waals surface area contributed by atoms with E-state index in [0.29, 0.717) is 23.4 Å². The molecule has 0 fully saturated rings. The van der Waals surface area contributed by atoms with Gasteiger partial charge in [-0.05, 0) is 30.7 Å². The minimum atomic E-state index is -0.296. The molecule has 0 radical (unpaired) electrons. The van der Waals surface area contributed by atoms with Crippen LogP contribution < -0.4 is 5.32 Å². The smallest absolute Gasteiger partial charge is 0.197 e. The van der Waals surface area contributed by atoms with E-state index in [1.165, 1.54) is 17.7 Å². The maximum Gasteiger partial charge on any atom is 0.197 e. The van der Waals surface area contributed by atoms with Crippen LogP contribution in [0.1, 0.15) is 11.5 Å². The van der Waals surface area contributed by atoms with Crippen molar-refractivity contribution in [1.82, 2.24) is 4.98 Å². The van der Waals surface area contributed by atoms with Crippen molar-refractivity contribution in [2.45, 2.75) is 13.3 Å². The van der Waals surface area contributed by atoms with E-state index in [4.69, 9.17) is 4.42 Å². The molecule has 0 saturated heterocycles. The highest BCUT2D eigenvalue weighted by Gasteiger charge is 2.06. The van der Waals surface area contributed by atoms with Gasteiger partial charge < -0.3 is 9.73 Å². The Kier molecular flexibility index (Phi) is 3.37. The van der Waals surface area contributed by atoms with Gasteiger partial charge in [0.1, 0.15) is 11.3 Å². The molecule has 3 aromatic rings. The Morgan fingerprint density at radius 3 is 2.90 bits per heavy atom. The molecule has 2 aromatic carbocycles. The van der Waals surface area contributed by atoms with Crippen molar-refractivity contribution in [1.29, 1.82) is 0 Å². The quantitative estimate of drug-likeness (QED) is 0.780. The fourth-order valence-corrected chi connectivity index (χ4v) is 2.13. The third-order valence-electron chi connectivity index (χ3n) is 3.19. The number of hydrogen-bond acceptors (Lipinski definition) is 3. The van der Waals surface area contributed by atoms with Crippen LogP contribution >= 0.6 is 0 Å². The molecular weight excluding hydrogens is 255 g/mol. The number of oxazole rings is 1. The summed E-state index contributed by atoms with van der Waals surface area (Å²) in [6.45, 7) is 2.78. The van der Waals surface area contributed by atoms with Crippen molar-refractivity contribution in [2.75, 3.05) is 11.9 Å². The SMILES string of the molecule is Cc1ccccc1NCCc1nc2cc(F)ccc2o1. The standard InChI is InChI=1S/C16H15FN2O/c1-11-4-2-3-5-13(11)18-9-8-16-19-14-10-12(17)6-7-15(14)20-16/h2-7,10,18H,8-9H2,1H3. The number of nitrogens with one attached hydrogen (secondary N) is 1. The van der Waals surface area contributed by atoms with Crippen molar-refractivity contribution in [3.63, 3.8) is 0 Å². The van der Waals surface area contributed by atoms with E-state index in [9.17, 15) is 4.39 Å². The third-order valence-corrected chi connectivity index (χ3v) is 3.19. The van der Waals surface area contributed by atoms with Crippen molar-refractivity contribution in [2.24, 2.45) is 0 Å². The molecule has 102 valence electrons. The summed E-state index contributed by atoms with van der Waals surface area (Å²) in [5, 5.41) is 3.34. The Hall–Kier alpha value is -2.36. The van der Waals surface area contributed by atoms with E-state index in [2.05, 4.69) is 23.3 Å². The number of anilines is 1. The third kappa shape index (κ3) is 2.64. The van der Waals surface area contributed by atoms with Crippen molar-refractivity contribution >= 4 is 16.8 Å². The maximum atomic E-state index is 13.1. The van der Waals surface area contributed by atoms with Crippen LogP contribution in [0.2, 0.25) is 0 Å². The summed E-state index contributed by atoms with van der Waals surface area (Å²) in [7, 11) is 0. The fraction of sp³-hybridized carbons (Fsp3) is 0.188. The molecule has 1 aromatic heterocycles. The molecule has 0 saturated carbocycles. The van der Waals surface area contributed by atoms with Crippen LogP contribution in [-0.2, 0) is 6.42 Å². The molecule has 20 heavy (non-hydrogen) atoms. The normalized spacial score (nSPS) is 10.9. The van der Waals surface area contributed by atoms with E-state index in [0.717, 1.165) is 12.2 Å². The van der Waals surface area contributed by atoms with Gasteiger partial charge in [-0.2, -0.15) is 0 Å². The second kappa shape index (κ2) is 5.33. The lowest BCUT2D eigenvalue weighted by molar-refractivity contribution is 0.533. The van der Waals surface area contributed by atoms with E-state index in [1.54, 1.807) is 6.07 Å². The first-order chi connectivity index (χ1) is 9.72. The molecule has 0 bridgehead atoms. The average Bonchev–Trinajstić information content (AvgIpc) is 2.83. The molecule has 1 heterocycles. The summed E-state index contributed by atoms with van der Waals surface area (Å²) >= 11 is 0. The molecule has 0 amide bonds. The van der Waals surface area contributed by atoms with Gasteiger partial charge in [0.15, 0.2) is 11.5 Å². The lowest BCUT2D eigenvalue weighted by Crippen LogP contribution is -2.05. The van der Waals surface area contributed by atoms with Crippen LogP contribution in [0.25, 0.3) is 11.1 Å². The lowest BCUT2D eigenvalue weighted by atomic mass is 10.2. The van der Waals surface area contributed by atoms with Gasteiger partial charge in [0.25, 0.3) is 0 Å². The number of nitrogens with zero attached hydrogens (tertiary/aromatic N) is 1. The Labute approximate surface area is 116 Å². The number of hydrogen-bond donors (Lipinski definition) is 1. The van der Waals surface area contributed by atoms with Gasteiger partial charge in [0.05, 0.1) is 0 Å². The summed E-state index contributed by atoms with van der Waals surface area (Å²) in [6, 6.07) is 12.5. The Morgan fingerprint density at radius 2 is 2.05 bits per heavy atom. The monoisotopic (exact) mass is 270 g/mol. The Balaban J connectivity index is 1.67. The molecular formula is C16H15FN2O. The highest BCUT2D eigenvalue weighted by Crippen LogP contribution is 2.17. The molecule has 4 heteroatoms. The molecule has 0 aliphatic carbocycles. The van der Waals surface area contributed by atoms with Crippen LogP contribution in [-0.4, -0.2) is 11.5 Å². The molecule has 0 unspecified atom stereocenters. The highest BCUT2D eigenvalue weighted by atomic mass is 19.1. The van der Waals surface area contributed by atoms with Crippen molar-refractivity contribution in [3.8, 4) is 0 Å². The van der Waals surface area contributed by atoms with Gasteiger partial charge in [-0.25, -0.2) is 9.37 Å². The zero-order valence-corrected chi connectivity index (χ0v) is 11.2. The second-order valence-electron chi connectivity index (χ2n) is 4.71. The predicted molar refractivity (Wildman–Crippen MR) is 77.3 cm³/mol. The molecule has 1 N–H and O–H groups in total. The van der Waals surface area contributed by atoms with Gasteiger partial charge in [0.2, 0.25) is 0 Å². The van der Waals surface area contributed by atoms with Crippen LogP contribution in [0.15, 0.2) is 46.9 Å². The first-order valence-electron chi connectivity index (χ1n) is 6.57. The van der Waals surface area contributed by atoms with Gasteiger partial charge in [-0.1, -0.05) is 18.2 Å². The largest absolute Gasteiger partial charge is 0.441 e. The molecule has 0 spiro atoms. The average molecular weight is 270 g/mol. The Bertz CT molecular complexity index is 736. The van der Waals surface area contributed by atoms with Crippen LogP contribution in [0.4, 0.5) is 10.1 Å². The molecule has 3 rings (SSSR count). The molecule has 0 atom stereocenters. The van der Waals surface area contributed by atoms with Gasteiger partial charge in [-0.3, -0.25) is 0 Å². The fourth-order valence-electron chi connectivity index (χ4n) is 2.13. The van der Waals surface area contributed by atoms with Gasteiger partial charge >= 0.3 is 0 Å². The van der Waals surface area contributed by atoms with Crippen LogP contribution in [0, 0.1) is 12.7 Å². The van der Waals surface area contributed by atoms with E-state index in [1.807, 2.05) is 18.2 Å². The zero-order valence-electron chi connectivity index (χ0n) is 11.2. The predicted octanol–water partition coefficient (Wildman–Crippen LogP) is 3.93. The number of fused-ring (bicyclic) bond motifs is 1. The van der Waals surface area contributed by atoms with E-state index >= 15 is 0 Å². The summed E-state index contributed by atoms with van der Waals surface area (Å²) in [4.78, 5) is 4.28. The van der Waals surface area contributed by atoms with Crippen molar-refractivity contribution in [3.05, 3.63) is 59.7 Å². The van der Waals surface area contributed by atoms with E-state index < -0.39 is 0 Å². The number of aromatic nitrogens is 1. The lowest BCUT2D eigenvalue weighted by Gasteiger charge is -2.07. The second-order valence-corrected chi connectivity index (χ2v) is 4.71. The number of aryl methyl sites for hydroxylation is 1. The van der Waals surface area contributed by atoms with Gasteiger partial charge in [0, 0.05) is 24.7 Å². The van der Waals surface area contributed by atoms with Gasteiger partial charge in [-0.15, -0.1) is 0 Å². The van der Waals surface area contributed by atoms with Crippen molar-refractivity contribution < 1.29 is 8.81 Å². The number of halogens is 1. The zero-order chi connectivity index (χ0) is 13.9. The summed E-state index contributed by atoms with van der Waals surface area (Å²) in [5.41, 5.74) is 3.50. The van der Waals surface area contributed by atoms with Crippen LogP contribution in [0.5, 0.6) is 0 Å². The molecule has 0 aliphatic heterocycles. The summed E-state index contributed by atoms with van der Waals surface area (Å²) in [5.74, 6) is 0.321. The highest BCUT2D eigenvalue weighted by molar-refractivity contribution is 5.72. The number of rotatable bonds is 4. The first kappa shape index (κ1) is 12.7. The maximum absolute atomic E-state index is 13.1.